The van der Waals surface area contributed by atoms with Gasteiger partial charge in [-0.3, -0.25) is 15.5 Å². The van der Waals surface area contributed by atoms with Gasteiger partial charge in [0.15, 0.2) is 6.35 Å². The van der Waals surface area contributed by atoms with Gasteiger partial charge in [0.1, 0.15) is 0 Å². The van der Waals surface area contributed by atoms with E-state index in [9.17, 15) is 5.11 Å². The van der Waals surface area contributed by atoms with Crippen molar-refractivity contribution in [2.75, 3.05) is 33.4 Å². The van der Waals surface area contributed by atoms with Gasteiger partial charge in [-0.25, -0.2) is 0 Å². The summed E-state index contributed by atoms with van der Waals surface area (Å²) < 4.78 is 5.38. The molecular formula is C19H29N3O2. The Morgan fingerprint density at radius 1 is 1.17 bits per heavy atom. The summed E-state index contributed by atoms with van der Waals surface area (Å²) in [4.78, 5) is 2.57. The van der Waals surface area contributed by atoms with Crippen LogP contribution in [0, 0.1) is 5.92 Å². The maximum absolute atomic E-state index is 9.81. The Hall–Kier alpha value is -0.980. The van der Waals surface area contributed by atoms with Gasteiger partial charge < -0.3 is 9.84 Å². The molecule has 0 amide bonds. The first-order chi connectivity index (χ1) is 11.6. The zero-order chi connectivity index (χ0) is 16.6. The standard InChI is InChI=1S/C19H29N3O2/c1-22(11-15-12-24-13-15)19(16-5-3-2-4-6-16)9-7-18(8-10-19)14-20-17(23)21-18/h2-6,15,17,20-21,23H,7-14H2,1H3. The molecule has 2 aliphatic heterocycles. The molecule has 132 valence electrons. The zero-order valence-corrected chi connectivity index (χ0v) is 14.5. The second-order valence-electron chi connectivity index (χ2n) is 7.89. The highest BCUT2D eigenvalue weighted by Gasteiger charge is 2.48. The van der Waals surface area contributed by atoms with Crippen molar-refractivity contribution in [3.05, 3.63) is 35.9 Å². The van der Waals surface area contributed by atoms with Crippen molar-refractivity contribution in [3.63, 3.8) is 0 Å². The van der Waals surface area contributed by atoms with E-state index in [1.807, 2.05) is 0 Å². The van der Waals surface area contributed by atoms with E-state index >= 15 is 0 Å². The lowest BCUT2D eigenvalue weighted by Crippen LogP contribution is -2.56. The minimum Gasteiger partial charge on any atom is -0.381 e. The van der Waals surface area contributed by atoms with Crippen LogP contribution in [0.5, 0.6) is 0 Å². The summed E-state index contributed by atoms with van der Waals surface area (Å²) in [6.07, 6.45) is 3.83. The van der Waals surface area contributed by atoms with Crippen LogP contribution in [0.4, 0.5) is 0 Å². The van der Waals surface area contributed by atoms with Gasteiger partial charge in [-0.05, 0) is 38.3 Å². The largest absolute Gasteiger partial charge is 0.381 e. The van der Waals surface area contributed by atoms with E-state index in [4.69, 9.17) is 4.74 Å². The first kappa shape index (κ1) is 16.5. The zero-order valence-electron chi connectivity index (χ0n) is 14.5. The third kappa shape index (κ3) is 2.89. The number of hydrogen-bond donors (Lipinski definition) is 3. The molecule has 5 nitrogen and oxygen atoms in total. The van der Waals surface area contributed by atoms with Crippen LogP contribution in [0.1, 0.15) is 31.2 Å². The van der Waals surface area contributed by atoms with Crippen molar-refractivity contribution < 1.29 is 9.84 Å². The van der Waals surface area contributed by atoms with Crippen LogP contribution in [0.3, 0.4) is 0 Å². The van der Waals surface area contributed by atoms with Crippen LogP contribution >= 0.6 is 0 Å². The maximum atomic E-state index is 9.81. The van der Waals surface area contributed by atoms with E-state index in [0.29, 0.717) is 5.92 Å². The van der Waals surface area contributed by atoms with Gasteiger partial charge in [0.2, 0.25) is 0 Å². The first-order valence-corrected chi connectivity index (χ1v) is 9.16. The van der Waals surface area contributed by atoms with Gasteiger partial charge in [0.05, 0.1) is 13.2 Å². The van der Waals surface area contributed by atoms with Gasteiger partial charge in [-0.2, -0.15) is 0 Å². The Morgan fingerprint density at radius 3 is 2.42 bits per heavy atom. The number of nitrogens with zero attached hydrogens (tertiary/aromatic N) is 1. The molecule has 1 atom stereocenters. The van der Waals surface area contributed by atoms with Crippen LogP contribution in [0.25, 0.3) is 0 Å². The van der Waals surface area contributed by atoms with E-state index in [0.717, 1.165) is 52.0 Å². The smallest absolute Gasteiger partial charge is 0.161 e. The number of rotatable bonds is 4. The number of aliphatic hydroxyl groups is 1. The molecule has 1 aromatic rings. The molecule has 3 aliphatic rings. The minimum atomic E-state index is -0.556. The van der Waals surface area contributed by atoms with E-state index in [-0.39, 0.29) is 11.1 Å². The molecule has 1 spiro atoms. The summed E-state index contributed by atoms with van der Waals surface area (Å²) in [6.45, 7) is 3.75. The second kappa shape index (κ2) is 6.39. The lowest BCUT2D eigenvalue weighted by Gasteiger charge is -2.51. The fourth-order valence-electron chi connectivity index (χ4n) is 4.74. The average molecular weight is 331 g/mol. The van der Waals surface area contributed by atoms with Crippen LogP contribution in [-0.2, 0) is 10.3 Å². The average Bonchev–Trinajstić information content (AvgIpc) is 2.93. The number of nitrogens with one attached hydrogen (secondary N) is 2. The van der Waals surface area contributed by atoms with Gasteiger partial charge in [0, 0.05) is 30.1 Å². The third-order valence-corrected chi connectivity index (χ3v) is 6.39. The molecule has 1 aromatic carbocycles. The van der Waals surface area contributed by atoms with Gasteiger partial charge in [-0.1, -0.05) is 30.3 Å². The minimum absolute atomic E-state index is 0.0537. The predicted octanol–water partition coefficient (Wildman–Crippen LogP) is 1.24. The van der Waals surface area contributed by atoms with Crippen molar-refractivity contribution in [3.8, 4) is 0 Å². The normalized spacial score (nSPS) is 37.0. The molecular weight excluding hydrogens is 302 g/mol. The topological polar surface area (TPSA) is 56.8 Å². The lowest BCUT2D eigenvalue weighted by molar-refractivity contribution is -0.0668. The van der Waals surface area contributed by atoms with E-state index < -0.39 is 6.35 Å². The summed E-state index contributed by atoms with van der Waals surface area (Å²) in [6, 6.07) is 11.0. The monoisotopic (exact) mass is 331 g/mol. The second-order valence-corrected chi connectivity index (χ2v) is 7.89. The Kier molecular flexibility index (Phi) is 4.39. The molecule has 5 heteroatoms. The van der Waals surface area contributed by atoms with Crippen molar-refractivity contribution in [1.29, 1.82) is 0 Å². The summed E-state index contributed by atoms with van der Waals surface area (Å²) in [5.74, 6) is 0.666. The highest BCUT2D eigenvalue weighted by atomic mass is 16.5. The Balaban J connectivity index is 1.56. The molecule has 1 aliphatic carbocycles. The number of benzene rings is 1. The highest BCUT2D eigenvalue weighted by Crippen LogP contribution is 2.46. The quantitative estimate of drug-likeness (QED) is 0.775. The Morgan fingerprint density at radius 2 is 1.88 bits per heavy atom. The summed E-state index contributed by atoms with van der Waals surface area (Å²) in [5, 5.41) is 16.3. The van der Waals surface area contributed by atoms with E-state index in [1.54, 1.807) is 0 Å². The Labute approximate surface area is 144 Å². The predicted molar refractivity (Wildman–Crippen MR) is 93.4 cm³/mol. The van der Waals surface area contributed by atoms with Crippen LogP contribution < -0.4 is 10.6 Å². The molecule has 24 heavy (non-hydrogen) atoms. The lowest BCUT2D eigenvalue weighted by atomic mass is 9.68. The molecule has 0 radical (unpaired) electrons. The number of hydrogen-bond acceptors (Lipinski definition) is 5. The molecule has 0 bridgehead atoms. The fraction of sp³-hybridized carbons (Fsp3) is 0.684. The van der Waals surface area contributed by atoms with Gasteiger partial charge >= 0.3 is 0 Å². The summed E-state index contributed by atoms with van der Waals surface area (Å²) in [7, 11) is 2.28. The summed E-state index contributed by atoms with van der Waals surface area (Å²) >= 11 is 0. The van der Waals surface area contributed by atoms with E-state index in [2.05, 4.69) is 52.9 Å². The molecule has 3 fully saturated rings. The fourth-order valence-corrected chi connectivity index (χ4v) is 4.74. The van der Waals surface area contributed by atoms with Crippen LogP contribution in [0.15, 0.2) is 30.3 Å². The molecule has 2 saturated heterocycles. The van der Waals surface area contributed by atoms with Gasteiger partial charge in [0.25, 0.3) is 0 Å². The number of ether oxygens (including phenoxy) is 1. The molecule has 3 N–H and O–H groups in total. The van der Waals surface area contributed by atoms with E-state index in [1.165, 1.54) is 5.56 Å². The van der Waals surface area contributed by atoms with Crippen molar-refractivity contribution in [1.82, 2.24) is 15.5 Å². The van der Waals surface area contributed by atoms with Gasteiger partial charge in [-0.15, -0.1) is 0 Å². The maximum Gasteiger partial charge on any atom is 0.161 e. The highest BCUT2D eigenvalue weighted by molar-refractivity contribution is 5.26. The number of aliphatic hydroxyl groups excluding tert-OH is 1. The molecule has 4 rings (SSSR count). The summed E-state index contributed by atoms with van der Waals surface area (Å²) in [5.41, 5.74) is 1.57. The Bertz CT molecular complexity index is 553. The molecule has 1 unspecified atom stereocenters. The SMILES string of the molecule is CN(CC1COC1)C1(c2ccccc2)CCC2(CC1)CNC(O)N2. The van der Waals surface area contributed by atoms with Crippen molar-refractivity contribution in [2.24, 2.45) is 5.92 Å². The first-order valence-electron chi connectivity index (χ1n) is 9.16. The van der Waals surface area contributed by atoms with Crippen molar-refractivity contribution >= 4 is 0 Å². The molecule has 1 saturated carbocycles. The van der Waals surface area contributed by atoms with Crippen molar-refractivity contribution in [2.45, 2.75) is 43.1 Å². The third-order valence-electron chi connectivity index (χ3n) is 6.39. The van der Waals surface area contributed by atoms with Crippen LogP contribution in [-0.4, -0.2) is 55.2 Å². The molecule has 2 heterocycles. The van der Waals surface area contributed by atoms with Crippen LogP contribution in [0.2, 0.25) is 0 Å². The molecule has 0 aromatic heterocycles.